The molecule has 0 saturated heterocycles. The molecule has 4 heteroatoms. The van der Waals surface area contributed by atoms with Gasteiger partial charge in [-0.15, -0.1) is 0 Å². The van der Waals surface area contributed by atoms with Crippen LogP contribution in [0.3, 0.4) is 0 Å². The molecule has 1 amide bonds. The Hall–Kier alpha value is -1.81. The molecule has 0 atom stereocenters. The summed E-state index contributed by atoms with van der Waals surface area (Å²) in [6.45, 7) is 4.86. The smallest absolute Gasteiger partial charge is 0.257 e. The Balaban J connectivity index is 1.80. The third kappa shape index (κ3) is 5.71. The predicted molar refractivity (Wildman–Crippen MR) is 96.9 cm³/mol. The molecule has 0 aromatic heterocycles. The highest BCUT2D eigenvalue weighted by molar-refractivity contribution is 9.10. The number of halogens is 1. The van der Waals surface area contributed by atoms with Crippen LogP contribution in [0.5, 0.6) is 5.75 Å². The molecule has 0 heterocycles. The van der Waals surface area contributed by atoms with E-state index in [4.69, 9.17) is 4.74 Å². The van der Waals surface area contributed by atoms with Crippen LogP contribution in [0.15, 0.2) is 53.0 Å². The molecule has 1 N–H and O–H groups in total. The first-order valence-electron chi connectivity index (χ1n) is 7.79. The Morgan fingerprint density at radius 2 is 1.91 bits per heavy atom. The minimum Gasteiger partial charge on any atom is -0.483 e. The van der Waals surface area contributed by atoms with Crippen molar-refractivity contribution >= 4 is 21.8 Å². The minimum atomic E-state index is -0.0986. The average Bonchev–Trinajstić information content (AvgIpc) is 2.54. The van der Waals surface area contributed by atoms with Crippen molar-refractivity contribution in [3.05, 3.63) is 64.1 Å². The van der Waals surface area contributed by atoms with Gasteiger partial charge >= 0.3 is 0 Å². The van der Waals surface area contributed by atoms with E-state index in [1.807, 2.05) is 36.4 Å². The van der Waals surface area contributed by atoms with Crippen molar-refractivity contribution in [2.75, 3.05) is 13.2 Å². The van der Waals surface area contributed by atoms with Gasteiger partial charge in [0.15, 0.2) is 6.61 Å². The number of rotatable bonds is 7. The fraction of sp³-hybridized carbons (Fsp3) is 0.316. The third-order valence-electron chi connectivity index (χ3n) is 3.53. The van der Waals surface area contributed by atoms with Gasteiger partial charge in [0.25, 0.3) is 5.91 Å². The molecule has 0 fully saturated rings. The predicted octanol–water partition coefficient (Wildman–Crippen LogP) is 4.31. The van der Waals surface area contributed by atoms with E-state index in [1.165, 1.54) is 5.56 Å². The standard InChI is InChI=1S/C19H22BrNO2/c1-14(2)17-12-16(20)8-9-18(17)23-13-19(22)21-11-10-15-6-4-3-5-7-15/h3-9,12,14H,10-11,13H2,1-2H3,(H,21,22). The van der Waals surface area contributed by atoms with Crippen LogP contribution in [-0.4, -0.2) is 19.1 Å². The normalized spacial score (nSPS) is 10.6. The maximum absolute atomic E-state index is 11.9. The molecule has 0 unspecified atom stereocenters. The molecule has 122 valence electrons. The van der Waals surface area contributed by atoms with Crippen molar-refractivity contribution in [3.63, 3.8) is 0 Å². The van der Waals surface area contributed by atoms with Gasteiger partial charge in [0, 0.05) is 11.0 Å². The molecular weight excluding hydrogens is 354 g/mol. The van der Waals surface area contributed by atoms with E-state index < -0.39 is 0 Å². The molecule has 0 aliphatic heterocycles. The van der Waals surface area contributed by atoms with Gasteiger partial charge in [-0.1, -0.05) is 60.1 Å². The zero-order chi connectivity index (χ0) is 16.7. The first-order valence-corrected chi connectivity index (χ1v) is 8.58. The van der Waals surface area contributed by atoms with E-state index in [2.05, 4.69) is 47.2 Å². The van der Waals surface area contributed by atoms with Crippen molar-refractivity contribution in [1.29, 1.82) is 0 Å². The Kier molecular flexibility index (Phi) is 6.66. The Morgan fingerprint density at radius 3 is 2.61 bits per heavy atom. The number of hydrogen-bond acceptors (Lipinski definition) is 2. The summed E-state index contributed by atoms with van der Waals surface area (Å²) in [5.41, 5.74) is 2.31. The molecular formula is C19H22BrNO2. The van der Waals surface area contributed by atoms with Gasteiger partial charge in [-0.05, 0) is 41.7 Å². The molecule has 0 aliphatic rings. The van der Waals surface area contributed by atoms with Gasteiger partial charge in [0.1, 0.15) is 5.75 Å². The summed E-state index contributed by atoms with van der Waals surface area (Å²) in [7, 11) is 0. The zero-order valence-electron chi connectivity index (χ0n) is 13.5. The highest BCUT2D eigenvalue weighted by Gasteiger charge is 2.10. The number of ether oxygens (including phenoxy) is 1. The van der Waals surface area contributed by atoms with E-state index in [0.29, 0.717) is 12.5 Å². The van der Waals surface area contributed by atoms with Crippen LogP contribution in [0.25, 0.3) is 0 Å². The summed E-state index contributed by atoms with van der Waals surface area (Å²) in [5.74, 6) is 1.00. The summed E-state index contributed by atoms with van der Waals surface area (Å²) in [6.07, 6.45) is 0.822. The fourth-order valence-corrected chi connectivity index (χ4v) is 2.67. The number of hydrogen-bond donors (Lipinski definition) is 1. The molecule has 0 saturated carbocycles. The molecule has 2 aromatic carbocycles. The Bertz CT molecular complexity index is 641. The Morgan fingerprint density at radius 1 is 1.17 bits per heavy atom. The summed E-state index contributed by atoms with van der Waals surface area (Å²) in [4.78, 5) is 11.9. The summed E-state index contributed by atoms with van der Waals surface area (Å²) < 4.78 is 6.70. The molecule has 0 bridgehead atoms. The monoisotopic (exact) mass is 375 g/mol. The van der Waals surface area contributed by atoms with Crippen LogP contribution in [0.4, 0.5) is 0 Å². The lowest BCUT2D eigenvalue weighted by Crippen LogP contribution is -2.30. The number of amides is 1. The quantitative estimate of drug-likeness (QED) is 0.782. The largest absolute Gasteiger partial charge is 0.483 e. The molecule has 0 spiro atoms. The maximum Gasteiger partial charge on any atom is 0.257 e. The van der Waals surface area contributed by atoms with Gasteiger partial charge < -0.3 is 10.1 Å². The lowest BCUT2D eigenvalue weighted by molar-refractivity contribution is -0.123. The topological polar surface area (TPSA) is 38.3 Å². The first kappa shape index (κ1) is 17.5. The van der Waals surface area contributed by atoms with Crippen molar-refractivity contribution in [1.82, 2.24) is 5.32 Å². The van der Waals surface area contributed by atoms with Crippen LogP contribution < -0.4 is 10.1 Å². The highest BCUT2D eigenvalue weighted by Crippen LogP contribution is 2.29. The number of carbonyl (C=O) groups is 1. The van der Waals surface area contributed by atoms with Crippen molar-refractivity contribution < 1.29 is 9.53 Å². The molecule has 2 aromatic rings. The van der Waals surface area contributed by atoms with Crippen molar-refractivity contribution in [3.8, 4) is 5.75 Å². The molecule has 3 nitrogen and oxygen atoms in total. The lowest BCUT2D eigenvalue weighted by atomic mass is 10.0. The SMILES string of the molecule is CC(C)c1cc(Br)ccc1OCC(=O)NCCc1ccccc1. The second kappa shape index (κ2) is 8.73. The average molecular weight is 376 g/mol. The van der Waals surface area contributed by atoms with E-state index in [0.717, 1.165) is 22.2 Å². The highest BCUT2D eigenvalue weighted by atomic mass is 79.9. The van der Waals surface area contributed by atoms with Crippen LogP contribution >= 0.6 is 15.9 Å². The van der Waals surface area contributed by atoms with E-state index >= 15 is 0 Å². The van der Waals surface area contributed by atoms with E-state index in [1.54, 1.807) is 0 Å². The number of nitrogens with one attached hydrogen (secondary N) is 1. The van der Waals surface area contributed by atoms with Gasteiger partial charge in [0.05, 0.1) is 0 Å². The van der Waals surface area contributed by atoms with Crippen LogP contribution in [0.2, 0.25) is 0 Å². The fourth-order valence-electron chi connectivity index (χ4n) is 2.29. The maximum atomic E-state index is 11.9. The van der Waals surface area contributed by atoms with E-state index in [9.17, 15) is 4.79 Å². The third-order valence-corrected chi connectivity index (χ3v) is 4.02. The zero-order valence-corrected chi connectivity index (χ0v) is 15.1. The van der Waals surface area contributed by atoms with Crippen molar-refractivity contribution in [2.45, 2.75) is 26.2 Å². The molecule has 2 rings (SSSR count). The number of benzene rings is 2. The van der Waals surface area contributed by atoms with Crippen molar-refractivity contribution in [2.24, 2.45) is 0 Å². The summed E-state index contributed by atoms with van der Waals surface area (Å²) in [6, 6.07) is 16.0. The second-order valence-electron chi connectivity index (χ2n) is 5.71. The first-order chi connectivity index (χ1) is 11.1. The Labute approximate surface area is 146 Å². The van der Waals surface area contributed by atoms with Crippen LogP contribution in [0, 0.1) is 0 Å². The summed E-state index contributed by atoms with van der Waals surface area (Å²) in [5, 5.41) is 2.89. The molecule has 23 heavy (non-hydrogen) atoms. The second-order valence-corrected chi connectivity index (χ2v) is 6.63. The van der Waals surface area contributed by atoms with Gasteiger partial charge in [-0.25, -0.2) is 0 Å². The minimum absolute atomic E-state index is 0.0378. The van der Waals surface area contributed by atoms with Gasteiger partial charge in [-0.3, -0.25) is 4.79 Å². The number of carbonyl (C=O) groups excluding carboxylic acids is 1. The van der Waals surface area contributed by atoms with Crippen LogP contribution in [0.1, 0.15) is 30.9 Å². The van der Waals surface area contributed by atoms with E-state index in [-0.39, 0.29) is 12.5 Å². The van der Waals surface area contributed by atoms with Gasteiger partial charge in [-0.2, -0.15) is 0 Å². The molecule has 0 radical (unpaired) electrons. The van der Waals surface area contributed by atoms with Gasteiger partial charge in [0.2, 0.25) is 0 Å². The lowest BCUT2D eigenvalue weighted by Gasteiger charge is -2.14. The molecule has 0 aliphatic carbocycles. The summed E-state index contributed by atoms with van der Waals surface area (Å²) >= 11 is 3.47. The van der Waals surface area contributed by atoms with Crippen LogP contribution in [-0.2, 0) is 11.2 Å².